The van der Waals surface area contributed by atoms with Gasteiger partial charge in [0.2, 0.25) is 5.91 Å². The fraction of sp³-hybridized carbons (Fsp3) is 0.667. The summed E-state index contributed by atoms with van der Waals surface area (Å²) >= 11 is 0. The van der Waals surface area contributed by atoms with E-state index in [1.54, 1.807) is 0 Å². The molecule has 1 fully saturated rings. The third kappa shape index (κ3) is 2.77. The molecule has 0 aromatic carbocycles. The fourth-order valence-corrected chi connectivity index (χ4v) is 1.70. The standard InChI is InChI=1S/C9H15N3O5/c1-10(2)7(13)6-5-11(8(14)15)3-4-12(6)9(16)17/h6H,3-5H2,1-2H3,(H,14,15)(H,16,17)/t6-/m1/s1. The van der Waals surface area contributed by atoms with Crippen LogP contribution in [0.5, 0.6) is 0 Å². The Kier molecular flexibility index (Phi) is 3.77. The summed E-state index contributed by atoms with van der Waals surface area (Å²) in [6, 6.07) is -0.965. The van der Waals surface area contributed by atoms with Crippen molar-refractivity contribution in [3.63, 3.8) is 0 Å². The van der Waals surface area contributed by atoms with Crippen LogP contribution in [0.4, 0.5) is 9.59 Å². The molecule has 0 aliphatic carbocycles. The van der Waals surface area contributed by atoms with Gasteiger partial charge < -0.3 is 20.0 Å². The second-order valence-electron chi connectivity index (χ2n) is 3.95. The van der Waals surface area contributed by atoms with Gasteiger partial charge in [0.1, 0.15) is 6.04 Å². The highest BCUT2D eigenvalue weighted by Crippen LogP contribution is 2.12. The summed E-state index contributed by atoms with van der Waals surface area (Å²) < 4.78 is 0. The molecule has 0 aromatic heterocycles. The molecule has 3 amide bonds. The quantitative estimate of drug-likeness (QED) is 0.643. The largest absolute Gasteiger partial charge is 0.465 e. The molecule has 1 rings (SSSR count). The number of rotatable bonds is 1. The van der Waals surface area contributed by atoms with Gasteiger partial charge in [-0.3, -0.25) is 9.69 Å². The average molecular weight is 245 g/mol. The second-order valence-corrected chi connectivity index (χ2v) is 3.95. The maximum atomic E-state index is 11.8. The van der Waals surface area contributed by atoms with Crippen molar-refractivity contribution in [3.8, 4) is 0 Å². The summed E-state index contributed by atoms with van der Waals surface area (Å²) in [5.41, 5.74) is 0. The maximum Gasteiger partial charge on any atom is 0.408 e. The van der Waals surface area contributed by atoms with E-state index in [1.807, 2.05) is 0 Å². The van der Waals surface area contributed by atoms with E-state index in [1.165, 1.54) is 19.0 Å². The fourth-order valence-electron chi connectivity index (χ4n) is 1.70. The van der Waals surface area contributed by atoms with E-state index in [9.17, 15) is 14.4 Å². The van der Waals surface area contributed by atoms with E-state index >= 15 is 0 Å². The van der Waals surface area contributed by atoms with Crippen molar-refractivity contribution >= 4 is 18.1 Å². The SMILES string of the molecule is CN(C)C(=O)[C@H]1CN(C(=O)O)CCN1C(=O)O. The van der Waals surface area contributed by atoms with E-state index in [2.05, 4.69) is 0 Å². The van der Waals surface area contributed by atoms with Crippen LogP contribution in [0, 0.1) is 0 Å². The third-order valence-electron chi connectivity index (χ3n) is 2.62. The number of amides is 3. The third-order valence-corrected chi connectivity index (χ3v) is 2.62. The zero-order chi connectivity index (χ0) is 13.2. The minimum atomic E-state index is -1.21. The van der Waals surface area contributed by atoms with Crippen molar-refractivity contribution in [3.05, 3.63) is 0 Å². The number of piperazine rings is 1. The highest BCUT2D eigenvalue weighted by molar-refractivity contribution is 5.86. The maximum absolute atomic E-state index is 11.8. The van der Waals surface area contributed by atoms with Crippen LogP contribution in [0.2, 0.25) is 0 Å². The molecule has 2 N–H and O–H groups in total. The highest BCUT2D eigenvalue weighted by Gasteiger charge is 2.37. The van der Waals surface area contributed by atoms with Gasteiger partial charge in [0.25, 0.3) is 0 Å². The molecule has 1 heterocycles. The Labute approximate surface area is 98.0 Å². The smallest absolute Gasteiger partial charge is 0.408 e. The van der Waals surface area contributed by atoms with E-state index < -0.39 is 24.1 Å². The van der Waals surface area contributed by atoms with Gasteiger partial charge in [0.15, 0.2) is 0 Å². The van der Waals surface area contributed by atoms with Crippen LogP contribution in [-0.2, 0) is 4.79 Å². The zero-order valence-corrected chi connectivity index (χ0v) is 9.66. The molecule has 96 valence electrons. The molecular formula is C9H15N3O5. The molecule has 8 heteroatoms. The van der Waals surface area contributed by atoms with Crippen molar-refractivity contribution < 1.29 is 24.6 Å². The highest BCUT2D eigenvalue weighted by atomic mass is 16.4. The number of hydrogen-bond acceptors (Lipinski definition) is 3. The first kappa shape index (κ1) is 13.1. The Balaban J connectivity index is 2.87. The Hall–Kier alpha value is -1.99. The van der Waals surface area contributed by atoms with Crippen molar-refractivity contribution in [2.75, 3.05) is 33.7 Å². The zero-order valence-electron chi connectivity index (χ0n) is 9.66. The lowest BCUT2D eigenvalue weighted by Crippen LogP contribution is -2.60. The summed E-state index contributed by atoms with van der Waals surface area (Å²) in [7, 11) is 3.00. The van der Waals surface area contributed by atoms with Crippen molar-refractivity contribution in [2.24, 2.45) is 0 Å². The van der Waals surface area contributed by atoms with E-state index in [0.29, 0.717) is 0 Å². The van der Waals surface area contributed by atoms with Gasteiger partial charge in [-0.2, -0.15) is 0 Å². The number of nitrogens with zero attached hydrogens (tertiary/aromatic N) is 3. The molecule has 1 atom stereocenters. The summed E-state index contributed by atoms with van der Waals surface area (Å²) in [5.74, 6) is -0.418. The first-order valence-corrected chi connectivity index (χ1v) is 5.03. The van der Waals surface area contributed by atoms with Crippen LogP contribution in [0.3, 0.4) is 0 Å². The molecule has 0 unspecified atom stereocenters. The lowest BCUT2D eigenvalue weighted by atomic mass is 10.1. The molecule has 1 aliphatic heterocycles. The number of carboxylic acid groups (broad SMARTS) is 2. The molecule has 0 bridgehead atoms. The Bertz CT molecular complexity index is 344. The second kappa shape index (κ2) is 4.89. The van der Waals surface area contributed by atoms with Gasteiger partial charge in [0, 0.05) is 27.2 Å². The summed E-state index contributed by atoms with van der Waals surface area (Å²) in [4.78, 5) is 36.8. The minimum Gasteiger partial charge on any atom is -0.465 e. The van der Waals surface area contributed by atoms with Crippen molar-refractivity contribution in [1.82, 2.24) is 14.7 Å². The van der Waals surface area contributed by atoms with Gasteiger partial charge in [0.05, 0.1) is 6.54 Å². The van der Waals surface area contributed by atoms with Crippen LogP contribution < -0.4 is 0 Å². The average Bonchev–Trinajstić information content (AvgIpc) is 2.26. The number of carbonyl (C=O) groups is 3. The Morgan fingerprint density at radius 2 is 1.71 bits per heavy atom. The van der Waals surface area contributed by atoms with E-state index in [0.717, 1.165) is 9.80 Å². The van der Waals surface area contributed by atoms with E-state index in [4.69, 9.17) is 10.2 Å². The van der Waals surface area contributed by atoms with Crippen molar-refractivity contribution in [1.29, 1.82) is 0 Å². The normalized spacial score (nSPS) is 20.0. The Morgan fingerprint density at radius 1 is 1.12 bits per heavy atom. The first-order chi connectivity index (χ1) is 7.84. The predicted octanol–water partition coefficient (Wildman–Crippen LogP) is -0.583. The molecular weight excluding hydrogens is 230 g/mol. The summed E-state index contributed by atoms with van der Waals surface area (Å²) in [6.07, 6.45) is -2.36. The lowest BCUT2D eigenvalue weighted by molar-refractivity contribution is -0.135. The van der Waals surface area contributed by atoms with Crippen molar-refractivity contribution in [2.45, 2.75) is 6.04 Å². The van der Waals surface area contributed by atoms with E-state index in [-0.39, 0.29) is 19.6 Å². The molecule has 0 saturated carbocycles. The van der Waals surface area contributed by atoms with Gasteiger partial charge in [-0.25, -0.2) is 9.59 Å². The van der Waals surface area contributed by atoms with Crippen LogP contribution in [0.15, 0.2) is 0 Å². The van der Waals surface area contributed by atoms with Crippen LogP contribution in [0.25, 0.3) is 0 Å². The molecule has 1 aliphatic rings. The van der Waals surface area contributed by atoms with Gasteiger partial charge >= 0.3 is 12.2 Å². The number of carbonyl (C=O) groups excluding carboxylic acids is 1. The summed E-state index contributed by atoms with van der Waals surface area (Å²) in [6.45, 7) is -0.0383. The molecule has 1 saturated heterocycles. The monoisotopic (exact) mass is 245 g/mol. The Morgan fingerprint density at radius 3 is 2.12 bits per heavy atom. The van der Waals surface area contributed by atoms with Crippen LogP contribution in [-0.4, -0.2) is 82.8 Å². The molecule has 0 aromatic rings. The number of likely N-dealkylation sites (N-methyl/N-ethyl adjacent to an activating group) is 1. The van der Waals surface area contributed by atoms with Crippen LogP contribution in [0.1, 0.15) is 0 Å². The molecule has 8 nitrogen and oxygen atoms in total. The van der Waals surface area contributed by atoms with Crippen LogP contribution >= 0.6 is 0 Å². The number of hydrogen-bond donors (Lipinski definition) is 2. The molecule has 17 heavy (non-hydrogen) atoms. The lowest BCUT2D eigenvalue weighted by Gasteiger charge is -2.38. The predicted molar refractivity (Wildman–Crippen MR) is 56.8 cm³/mol. The summed E-state index contributed by atoms with van der Waals surface area (Å²) in [5, 5.41) is 17.8. The van der Waals surface area contributed by atoms with Gasteiger partial charge in [-0.05, 0) is 0 Å². The molecule has 0 spiro atoms. The van der Waals surface area contributed by atoms with Gasteiger partial charge in [-0.15, -0.1) is 0 Å². The topological polar surface area (TPSA) is 101 Å². The minimum absolute atomic E-state index is 0.00583. The molecule has 0 radical (unpaired) electrons. The van der Waals surface area contributed by atoms with Gasteiger partial charge in [-0.1, -0.05) is 0 Å². The first-order valence-electron chi connectivity index (χ1n) is 5.03.